The van der Waals surface area contributed by atoms with Gasteiger partial charge in [0.15, 0.2) is 0 Å². The maximum absolute atomic E-state index is 13.5. The van der Waals surface area contributed by atoms with Gasteiger partial charge in [-0.3, -0.25) is 4.39 Å². The average Bonchev–Trinajstić information content (AvgIpc) is 2.84. The van der Waals surface area contributed by atoms with E-state index in [0.717, 1.165) is 0 Å². The van der Waals surface area contributed by atoms with Gasteiger partial charge in [0.25, 0.3) is 0 Å². The molecule has 0 spiro atoms. The van der Waals surface area contributed by atoms with Gasteiger partial charge in [-0.05, 0) is 19.1 Å². The predicted molar refractivity (Wildman–Crippen MR) is 63.2 cm³/mol. The summed E-state index contributed by atoms with van der Waals surface area (Å²) in [6, 6.07) is 2.84. The molecule has 4 nitrogen and oxygen atoms in total. The molecule has 1 aromatic heterocycles. The van der Waals surface area contributed by atoms with Crippen molar-refractivity contribution in [1.82, 2.24) is 10.1 Å². The highest BCUT2D eigenvalue weighted by Crippen LogP contribution is 2.25. The highest BCUT2D eigenvalue weighted by molar-refractivity contribution is 5.63. The summed E-state index contributed by atoms with van der Waals surface area (Å²) >= 11 is 0. The number of rotatable bonds is 3. The summed E-state index contributed by atoms with van der Waals surface area (Å²) in [5.41, 5.74) is 6.77. The minimum Gasteiger partial charge on any atom is -0.398 e. The molecule has 2 N–H and O–H groups in total. The lowest BCUT2D eigenvalue weighted by Crippen LogP contribution is -1.96. The van der Waals surface area contributed by atoms with Crippen molar-refractivity contribution in [2.24, 2.45) is 0 Å². The minimum absolute atomic E-state index is 0.187. The van der Waals surface area contributed by atoms with Crippen molar-refractivity contribution in [2.45, 2.75) is 19.8 Å². The maximum Gasteiger partial charge on any atom is 0.232 e. The summed E-state index contributed by atoms with van der Waals surface area (Å²) in [5.74, 6) is -0.517. The number of nitrogens with two attached hydrogens (primary N) is 1. The van der Waals surface area contributed by atoms with Gasteiger partial charge in [0.2, 0.25) is 11.7 Å². The number of nitrogens with zero attached hydrogens (tertiary/aromatic N) is 2. The summed E-state index contributed by atoms with van der Waals surface area (Å²) < 4.78 is 30.9. The van der Waals surface area contributed by atoms with Crippen LogP contribution in [0.2, 0.25) is 0 Å². The van der Waals surface area contributed by atoms with E-state index < -0.39 is 18.4 Å². The minimum atomic E-state index is -0.591. The predicted octanol–water partition coefficient (Wildman–Crippen LogP) is 2.84. The van der Waals surface area contributed by atoms with Crippen molar-refractivity contribution in [3.8, 4) is 11.4 Å². The van der Waals surface area contributed by atoms with Gasteiger partial charge >= 0.3 is 0 Å². The largest absolute Gasteiger partial charge is 0.398 e. The number of alkyl halides is 1. The normalized spacial score (nSPS) is 12.7. The molecule has 0 amide bonds. The topological polar surface area (TPSA) is 64.9 Å². The lowest BCUT2D eigenvalue weighted by Gasteiger charge is -2.03. The second-order valence-electron chi connectivity index (χ2n) is 4.18. The number of nitrogen functional groups attached to an aromatic ring is 1. The van der Waals surface area contributed by atoms with E-state index >= 15 is 0 Å². The molecular weight excluding hydrogens is 240 g/mol. The monoisotopic (exact) mass is 253 g/mol. The molecule has 96 valence electrons. The Morgan fingerprint density at radius 2 is 2.17 bits per heavy atom. The van der Waals surface area contributed by atoms with Crippen LogP contribution in [0.1, 0.15) is 24.3 Å². The quantitative estimate of drug-likeness (QED) is 0.854. The Balaban J connectivity index is 2.40. The number of hydrogen-bond acceptors (Lipinski definition) is 4. The van der Waals surface area contributed by atoms with E-state index in [1.165, 1.54) is 6.07 Å². The Bertz CT molecular complexity index is 545. The molecule has 0 aliphatic rings. The van der Waals surface area contributed by atoms with E-state index in [9.17, 15) is 8.78 Å². The standard InChI is InChI=1S/C12H13F2N3O/c1-6(5-13)12-16-11(17-18-12)8-3-9(14)7(2)10(15)4-8/h3-4,6H,5,15H2,1-2H3/t6-/m0/s1. The van der Waals surface area contributed by atoms with Gasteiger partial charge in [0, 0.05) is 16.8 Å². The van der Waals surface area contributed by atoms with Crippen molar-refractivity contribution >= 4 is 5.69 Å². The fourth-order valence-electron chi connectivity index (χ4n) is 1.45. The summed E-state index contributed by atoms with van der Waals surface area (Å²) in [4.78, 5) is 4.02. The van der Waals surface area contributed by atoms with Crippen LogP contribution in [0, 0.1) is 12.7 Å². The molecule has 0 radical (unpaired) electrons. The van der Waals surface area contributed by atoms with Crippen LogP contribution in [0.4, 0.5) is 14.5 Å². The summed E-state index contributed by atoms with van der Waals surface area (Å²) in [6.07, 6.45) is 0. The van der Waals surface area contributed by atoms with E-state index in [1.54, 1.807) is 19.9 Å². The van der Waals surface area contributed by atoms with Crippen LogP contribution in [-0.2, 0) is 0 Å². The van der Waals surface area contributed by atoms with Gasteiger partial charge in [-0.15, -0.1) is 0 Å². The molecule has 18 heavy (non-hydrogen) atoms. The fourth-order valence-corrected chi connectivity index (χ4v) is 1.45. The van der Waals surface area contributed by atoms with E-state index in [1.807, 2.05) is 0 Å². The number of anilines is 1. The van der Waals surface area contributed by atoms with Crippen molar-refractivity contribution in [3.05, 3.63) is 29.4 Å². The Labute approximate surface area is 103 Å². The van der Waals surface area contributed by atoms with E-state index in [-0.39, 0.29) is 11.7 Å². The Morgan fingerprint density at radius 1 is 1.44 bits per heavy atom. The summed E-state index contributed by atoms with van der Waals surface area (Å²) in [7, 11) is 0. The van der Waals surface area contributed by atoms with Crippen molar-refractivity contribution < 1.29 is 13.3 Å². The molecule has 1 atom stereocenters. The zero-order valence-corrected chi connectivity index (χ0v) is 10.1. The molecule has 0 fully saturated rings. The molecule has 0 unspecified atom stereocenters. The van der Waals surface area contributed by atoms with Crippen LogP contribution in [0.15, 0.2) is 16.7 Å². The maximum atomic E-state index is 13.5. The molecular formula is C12H13F2N3O. The molecule has 6 heteroatoms. The van der Waals surface area contributed by atoms with Crippen LogP contribution in [0.5, 0.6) is 0 Å². The molecule has 0 aliphatic carbocycles. The number of benzene rings is 1. The first-order chi connectivity index (χ1) is 8.52. The second-order valence-corrected chi connectivity index (χ2v) is 4.18. The van der Waals surface area contributed by atoms with Gasteiger partial charge in [-0.25, -0.2) is 4.39 Å². The third-order valence-electron chi connectivity index (χ3n) is 2.74. The first-order valence-corrected chi connectivity index (χ1v) is 5.48. The van der Waals surface area contributed by atoms with Crippen LogP contribution in [0.25, 0.3) is 11.4 Å². The average molecular weight is 253 g/mol. The van der Waals surface area contributed by atoms with E-state index in [2.05, 4.69) is 10.1 Å². The van der Waals surface area contributed by atoms with Crippen molar-refractivity contribution in [1.29, 1.82) is 0 Å². The summed E-state index contributed by atoms with van der Waals surface area (Å²) in [5, 5.41) is 3.69. The Morgan fingerprint density at radius 3 is 2.78 bits per heavy atom. The van der Waals surface area contributed by atoms with Gasteiger partial charge in [-0.2, -0.15) is 4.98 Å². The lowest BCUT2D eigenvalue weighted by atomic mass is 10.1. The lowest BCUT2D eigenvalue weighted by molar-refractivity contribution is 0.328. The molecule has 0 saturated carbocycles. The van der Waals surface area contributed by atoms with Crippen LogP contribution in [0.3, 0.4) is 0 Å². The second kappa shape index (κ2) is 4.72. The third kappa shape index (κ3) is 2.18. The Hall–Kier alpha value is -1.98. The van der Waals surface area contributed by atoms with Gasteiger partial charge in [-0.1, -0.05) is 12.1 Å². The first-order valence-electron chi connectivity index (χ1n) is 5.48. The molecule has 2 aromatic rings. The molecule has 1 heterocycles. The van der Waals surface area contributed by atoms with Crippen LogP contribution in [-0.4, -0.2) is 16.8 Å². The SMILES string of the molecule is Cc1c(N)cc(-c2noc([C@@H](C)CF)n2)cc1F. The van der Waals surface area contributed by atoms with Crippen LogP contribution < -0.4 is 5.73 Å². The van der Waals surface area contributed by atoms with Crippen molar-refractivity contribution in [3.63, 3.8) is 0 Å². The van der Waals surface area contributed by atoms with Gasteiger partial charge < -0.3 is 10.3 Å². The first kappa shape index (κ1) is 12.5. The third-order valence-corrected chi connectivity index (χ3v) is 2.74. The zero-order valence-electron chi connectivity index (χ0n) is 10.1. The molecule has 1 aromatic carbocycles. The van der Waals surface area contributed by atoms with Gasteiger partial charge in [0.05, 0.1) is 5.92 Å². The number of hydrogen-bond donors (Lipinski definition) is 1. The smallest absolute Gasteiger partial charge is 0.232 e. The van der Waals surface area contributed by atoms with Gasteiger partial charge in [0.1, 0.15) is 12.5 Å². The zero-order chi connectivity index (χ0) is 13.3. The highest BCUT2D eigenvalue weighted by Gasteiger charge is 2.16. The molecule has 0 saturated heterocycles. The molecule has 0 aliphatic heterocycles. The van der Waals surface area contributed by atoms with E-state index in [4.69, 9.17) is 10.3 Å². The summed E-state index contributed by atoms with van der Waals surface area (Å²) in [6.45, 7) is 2.62. The fraction of sp³-hybridized carbons (Fsp3) is 0.333. The number of halogens is 2. The van der Waals surface area contributed by atoms with Crippen molar-refractivity contribution in [2.75, 3.05) is 12.4 Å². The van der Waals surface area contributed by atoms with Crippen LogP contribution >= 0.6 is 0 Å². The molecule has 0 bridgehead atoms. The number of aromatic nitrogens is 2. The molecule has 2 rings (SSSR count). The van der Waals surface area contributed by atoms with E-state index in [0.29, 0.717) is 16.8 Å². The Kier molecular flexibility index (Phi) is 3.27. The highest BCUT2D eigenvalue weighted by atomic mass is 19.1.